The van der Waals surface area contributed by atoms with Gasteiger partial charge >= 0.3 is 0 Å². The summed E-state index contributed by atoms with van der Waals surface area (Å²) >= 11 is 3.47. The molecule has 1 fully saturated rings. The van der Waals surface area contributed by atoms with E-state index in [9.17, 15) is 4.79 Å². The monoisotopic (exact) mass is 274 g/mol. The van der Waals surface area contributed by atoms with Gasteiger partial charge in [0.1, 0.15) is 6.29 Å². The minimum absolute atomic E-state index is 0.170. The first kappa shape index (κ1) is 10.0. The molecule has 0 bridgehead atoms. The molecule has 0 radical (unpaired) electrons. The van der Waals surface area contributed by atoms with Crippen LogP contribution in [0.15, 0.2) is 40.9 Å². The maximum absolute atomic E-state index is 11.1. The van der Waals surface area contributed by atoms with Crippen molar-refractivity contribution in [3.63, 3.8) is 0 Å². The number of aldehydes is 1. The Morgan fingerprint density at radius 1 is 1.06 bits per heavy atom. The number of carbonyl (C=O) groups excluding carboxylic acids is 1. The first-order valence-corrected chi connectivity index (χ1v) is 6.19. The molecular weight excluding hydrogens is 264 g/mol. The van der Waals surface area contributed by atoms with E-state index in [4.69, 9.17) is 0 Å². The van der Waals surface area contributed by atoms with E-state index in [1.54, 1.807) is 0 Å². The summed E-state index contributed by atoms with van der Waals surface area (Å²) in [5.41, 5.74) is 0.990. The van der Waals surface area contributed by atoms with Crippen molar-refractivity contribution in [1.29, 1.82) is 0 Å². The summed E-state index contributed by atoms with van der Waals surface area (Å²) in [6, 6.07) is 12.5. The van der Waals surface area contributed by atoms with E-state index in [-0.39, 0.29) is 5.41 Å². The second-order valence-corrected chi connectivity index (χ2v) is 5.40. The van der Waals surface area contributed by atoms with Crippen LogP contribution < -0.4 is 0 Å². The smallest absolute Gasteiger partial charge is 0.130 e. The van der Waals surface area contributed by atoms with Gasteiger partial charge < -0.3 is 4.79 Å². The van der Waals surface area contributed by atoms with Crippen molar-refractivity contribution >= 4 is 33.0 Å². The Kier molecular flexibility index (Phi) is 2.15. The molecule has 0 aliphatic heterocycles. The van der Waals surface area contributed by atoms with Crippen molar-refractivity contribution in [2.24, 2.45) is 0 Å². The first-order chi connectivity index (χ1) is 7.73. The van der Waals surface area contributed by atoms with Crippen LogP contribution in [0.4, 0.5) is 0 Å². The van der Waals surface area contributed by atoms with Gasteiger partial charge in [-0.05, 0) is 41.3 Å². The Morgan fingerprint density at radius 2 is 1.81 bits per heavy atom. The van der Waals surface area contributed by atoms with Gasteiger partial charge in [0.15, 0.2) is 0 Å². The van der Waals surface area contributed by atoms with E-state index in [1.165, 1.54) is 10.8 Å². The van der Waals surface area contributed by atoms with Crippen LogP contribution in [0.3, 0.4) is 0 Å². The molecule has 0 unspecified atom stereocenters. The standard InChI is InChI=1S/C14H11BrO/c15-13-4-2-10-1-3-12(7-11(10)8-13)14(9-16)5-6-14/h1-4,7-9H,5-6H2. The predicted octanol–water partition coefficient (Wildman–Crippen LogP) is 3.83. The molecule has 80 valence electrons. The molecule has 0 aromatic heterocycles. The van der Waals surface area contributed by atoms with Gasteiger partial charge in [0.25, 0.3) is 0 Å². The topological polar surface area (TPSA) is 17.1 Å². The molecule has 1 aliphatic carbocycles. The maximum Gasteiger partial charge on any atom is 0.130 e. The molecule has 0 saturated heterocycles. The van der Waals surface area contributed by atoms with Crippen molar-refractivity contribution in [3.05, 3.63) is 46.4 Å². The fourth-order valence-electron chi connectivity index (χ4n) is 2.14. The summed E-state index contributed by atoms with van der Waals surface area (Å²) in [6.45, 7) is 0. The van der Waals surface area contributed by atoms with E-state index >= 15 is 0 Å². The summed E-state index contributed by atoms with van der Waals surface area (Å²) in [5, 5.41) is 2.41. The molecule has 2 aromatic rings. The molecule has 16 heavy (non-hydrogen) atoms. The normalized spacial score (nSPS) is 17.3. The largest absolute Gasteiger partial charge is 0.302 e. The summed E-state index contributed by atoms with van der Waals surface area (Å²) in [6.07, 6.45) is 3.10. The highest BCUT2D eigenvalue weighted by Crippen LogP contribution is 2.46. The lowest BCUT2D eigenvalue weighted by atomic mass is 9.95. The van der Waals surface area contributed by atoms with Crippen LogP contribution >= 0.6 is 15.9 Å². The van der Waals surface area contributed by atoms with E-state index in [0.717, 1.165) is 29.2 Å². The van der Waals surface area contributed by atoms with Crippen molar-refractivity contribution in [2.45, 2.75) is 18.3 Å². The third kappa shape index (κ3) is 1.49. The van der Waals surface area contributed by atoms with Gasteiger partial charge in [-0.25, -0.2) is 0 Å². The Hall–Kier alpha value is -1.15. The molecule has 0 spiro atoms. The lowest BCUT2D eigenvalue weighted by Gasteiger charge is -2.08. The third-order valence-corrected chi connectivity index (χ3v) is 3.88. The van der Waals surface area contributed by atoms with Crippen LogP contribution in [0.25, 0.3) is 10.8 Å². The molecule has 0 N–H and O–H groups in total. The van der Waals surface area contributed by atoms with E-state index in [2.05, 4.69) is 46.3 Å². The minimum atomic E-state index is -0.170. The fraction of sp³-hybridized carbons (Fsp3) is 0.214. The zero-order valence-corrected chi connectivity index (χ0v) is 10.3. The van der Waals surface area contributed by atoms with Crippen molar-refractivity contribution in [2.75, 3.05) is 0 Å². The second-order valence-electron chi connectivity index (χ2n) is 4.48. The molecule has 0 amide bonds. The molecule has 1 nitrogen and oxygen atoms in total. The zero-order chi connectivity index (χ0) is 11.2. The van der Waals surface area contributed by atoms with E-state index < -0.39 is 0 Å². The van der Waals surface area contributed by atoms with Gasteiger partial charge in [-0.2, -0.15) is 0 Å². The minimum Gasteiger partial charge on any atom is -0.302 e. The van der Waals surface area contributed by atoms with Crippen LogP contribution in [0.5, 0.6) is 0 Å². The highest BCUT2D eigenvalue weighted by atomic mass is 79.9. The molecule has 0 heterocycles. The Balaban J connectivity index is 2.18. The van der Waals surface area contributed by atoms with E-state index in [1.807, 2.05) is 6.07 Å². The molecule has 1 aliphatic rings. The van der Waals surface area contributed by atoms with Gasteiger partial charge in [-0.1, -0.05) is 40.2 Å². The lowest BCUT2D eigenvalue weighted by Crippen LogP contribution is -2.07. The Morgan fingerprint density at radius 3 is 2.50 bits per heavy atom. The van der Waals surface area contributed by atoms with Crippen LogP contribution in [0.1, 0.15) is 18.4 Å². The molecule has 2 heteroatoms. The molecule has 2 aromatic carbocycles. The maximum atomic E-state index is 11.1. The highest BCUT2D eigenvalue weighted by Gasteiger charge is 2.44. The van der Waals surface area contributed by atoms with Gasteiger partial charge in [-0.15, -0.1) is 0 Å². The quantitative estimate of drug-likeness (QED) is 0.761. The zero-order valence-electron chi connectivity index (χ0n) is 8.74. The van der Waals surface area contributed by atoms with E-state index in [0.29, 0.717) is 0 Å². The summed E-state index contributed by atoms with van der Waals surface area (Å²) in [7, 11) is 0. The molecule has 1 saturated carbocycles. The predicted molar refractivity (Wildman–Crippen MR) is 68.6 cm³/mol. The van der Waals surface area contributed by atoms with Crippen molar-refractivity contribution in [3.8, 4) is 0 Å². The number of hydrogen-bond donors (Lipinski definition) is 0. The SMILES string of the molecule is O=CC1(c2ccc3ccc(Br)cc3c2)CC1. The number of halogens is 1. The summed E-state index contributed by atoms with van der Waals surface area (Å²) in [4.78, 5) is 11.1. The number of benzene rings is 2. The highest BCUT2D eigenvalue weighted by molar-refractivity contribution is 9.10. The number of fused-ring (bicyclic) bond motifs is 1. The molecular formula is C14H11BrO. The number of rotatable bonds is 2. The Bertz CT molecular complexity index is 570. The van der Waals surface area contributed by atoms with Gasteiger partial charge in [0, 0.05) is 4.47 Å². The van der Waals surface area contributed by atoms with Crippen LogP contribution in [0.2, 0.25) is 0 Å². The number of hydrogen-bond acceptors (Lipinski definition) is 1. The second kappa shape index (κ2) is 3.42. The van der Waals surface area contributed by atoms with Gasteiger partial charge in [0.2, 0.25) is 0 Å². The van der Waals surface area contributed by atoms with Gasteiger partial charge in [0.05, 0.1) is 5.41 Å². The first-order valence-electron chi connectivity index (χ1n) is 5.40. The average Bonchev–Trinajstić information content (AvgIpc) is 3.09. The van der Waals surface area contributed by atoms with Crippen molar-refractivity contribution < 1.29 is 4.79 Å². The molecule has 0 atom stereocenters. The lowest BCUT2D eigenvalue weighted by molar-refractivity contribution is -0.109. The number of carbonyl (C=O) groups is 1. The fourth-order valence-corrected chi connectivity index (χ4v) is 2.52. The van der Waals surface area contributed by atoms with Gasteiger partial charge in [-0.3, -0.25) is 0 Å². The summed E-state index contributed by atoms with van der Waals surface area (Å²) < 4.78 is 1.08. The Labute approximate surface area is 103 Å². The third-order valence-electron chi connectivity index (χ3n) is 3.39. The van der Waals surface area contributed by atoms with Crippen LogP contribution in [-0.2, 0) is 10.2 Å². The van der Waals surface area contributed by atoms with Crippen LogP contribution in [0, 0.1) is 0 Å². The van der Waals surface area contributed by atoms with Crippen molar-refractivity contribution in [1.82, 2.24) is 0 Å². The van der Waals surface area contributed by atoms with Crippen LogP contribution in [-0.4, -0.2) is 6.29 Å². The average molecular weight is 275 g/mol. The molecule has 3 rings (SSSR count). The summed E-state index contributed by atoms with van der Waals surface area (Å²) in [5.74, 6) is 0.